The number of ether oxygens (including phenoxy) is 1. The number of nitrogens with zero attached hydrogens (tertiary/aromatic N) is 3. The molecule has 0 saturated heterocycles. The van der Waals surface area contributed by atoms with E-state index in [4.69, 9.17) is 9.15 Å². The van der Waals surface area contributed by atoms with Gasteiger partial charge in [-0.3, -0.25) is 4.40 Å². The lowest BCUT2D eigenvalue weighted by Gasteiger charge is -2.01. The van der Waals surface area contributed by atoms with Gasteiger partial charge in [-0.1, -0.05) is 0 Å². The highest BCUT2D eigenvalue weighted by Crippen LogP contribution is 2.20. The zero-order valence-corrected chi connectivity index (χ0v) is 9.53. The topological polar surface area (TPSA) is 69.6 Å². The fourth-order valence-electron chi connectivity index (χ4n) is 1.76. The van der Waals surface area contributed by atoms with E-state index in [9.17, 15) is 4.79 Å². The maximum atomic E-state index is 11.6. The molecule has 3 rings (SSSR count). The molecule has 3 heterocycles. The van der Waals surface area contributed by atoms with Crippen molar-refractivity contribution in [2.45, 2.75) is 0 Å². The van der Waals surface area contributed by atoms with Crippen LogP contribution < -0.4 is 0 Å². The Kier molecular flexibility index (Phi) is 2.33. The lowest BCUT2D eigenvalue weighted by Crippen LogP contribution is -2.04. The van der Waals surface area contributed by atoms with E-state index in [1.54, 1.807) is 41.1 Å². The van der Waals surface area contributed by atoms with Crippen LogP contribution in [0.25, 0.3) is 17.2 Å². The van der Waals surface area contributed by atoms with Crippen molar-refractivity contribution in [2.24, 2.45) is 0 Å². The van der Waals surface area contributed by atoms with Crippen LogP contribution in [-0.4, -0.2) is 27.7 Å². The lowest BCUT2D eigenvalue weighted by molar-refractivity contribution is 0.0602. The third-order valence-electron chi connectivity index (χ3n) is 2.58. The van der Waals surface area contributed by atoms with Crippen LogP contribution in [0.5, 0.6) is 0 Å². The summed E-state index contributed by atoms with van der Waals surface area (Å²) in [7, 11) is 1.33. The Morgan fingerprint density at radius 2 is 2.22 bits per heavy atom. The number of furan rings is 1. The molecule has 0 N–H and O–H groups in total. The van der Waals surface area contributed by atoms with Crippen LogP contribution in [0.4, 0.5) is 0 Å². The summed E-state index contributed by atoms with van der Waals surface area (Å²) in [5, 5.41) is 8.02. The van der Waals surface area contributed by atoms with Gasteiger partial charge in [0.1, 0.15) is 5.56 Å². The predicted molar refractivity (Wildman–Crippen MR) is 62.0 cm³/mol. The van der Waals surface area contributed by atoms with Gasteiger partial charge in [-0.25, -0.2) is 4.79 Å². The number of carbonyl (C=O) groups is 1. The second-order valence-corrected chi connectivity index (χ2v) is 3.61. The standard InChI is InChI=1S/C12H9N3O3/c1-17-12(16)8-4-2-6-15-10(8)13-14-11(15)9-5-3-7-18-9/h2-7H,1H3. The molecule has 3 aromatic rings. The van der Waals surface area contributed by atoms with E-state index in [1.165, 1.54) is 7.11 Å². The van der Waals surface area contributed by atoms with Gasteiger partial charge in [0.15, 0.2) is 11.4 Å². The van der Waals surface area contributed by atoms with Crippen molar-refractivity contribution in [1.29, 1.82) is 0 Å². The van der Waals surface area contributed by atoms with Crippen LogP contribution in [0.2, 0.25) is 0 Å². The fraction of sp³-hybridized carbons (Fsp3) is 0.0833. The molecule has 0 aliphatic carbocycles. The molecule has 0 aromatic carbocycles. The molecule has 90 valence electrons. The van der Waals surface area contributed by atoms with Crippen LogP contribution >= 0.6 is 0 Å². The molecule has 0 atom stereocenters. The van der Waals surface area contributed by atoms with Crippen LogP contribution in [-0.2, 0) is 4.74 Å². The smallest absolute Gasteiger partial charge is 0.341 e. The molecule has 0 aliphatic rings. The fourth-order valence-corrected chi connectivity index (χ4v) is 1.76. The van der Waals surface area contributed by atoms with Gasteiger partial charge < -0.3 is 9.15 Å². The van der Waals surface area contributed by atoms with E-state index >= 15 is 0 Å². The average Bonchev–Trinajstić information content (AvgIpc) is 3.05. The molecule has 6 nitrogen and oxygen atoms in total. The summed E-state index contributed by atoms with van der Waals surface area (Å²) < 4.78 is 11.7. The first-order chi connectivity index (χ1) is 8.81. The number of esters is 1. The van der Waals surface area contributed by atoms with Gasteiger partial charge in [0.05, 0.1) is 13.4 Å². The second-order valence-electron chi connectivity index (χ2n) is 3.61. The third-order valence-corrected chi connectivity index (χ3v) is 2.58. The van der Waals surface area contributed by atoms with E-state index in [0.717, 1.165) is 0 Å². The Balaban J connectivity index is 2.24. The van der Waals surface area contributed by atoms with Gasteiger partial charge in [-0.15, -0.1) is 10.2 Å². The SMILES string of the molecule is COC(=O)c1cccn2c(-c3ccco3)nnc12. The molecule has 0 amide bonds. The summed E-state index contributed by atoms with van der Waals surface area (Å²) in [4.78, 5) is 11.6. The van der Waals surface area contributed by atoms with E-state index in [0.29, 0.717) is 22.8 Å². The molecule has 18 heavy (non-hydrogen) atoms. The van der Waals surface area contributed by atoms with Gasteiger partial charge in [0.2, 0.25) is 5.82 Å². The van der Waals surface area contributed by atoms with Crippen molar-refractivity contribution in [1.82, 2.24) is 14.6 Å². The number of rotatable bonds is 2. The number of pyridine rings is 1. The Morgan fingerprint density at radius 3 is 2.94 bits per heavy atom. The van der Waals surface area contributed by atoms with Gasteiger partial charge in [-0.2, -0.15) is 0 Å². The highest BCUT2D eigenvalue weighted by Gasteiger charge is 2.16. The van der Waals surface area contributed by atoms with Crippen molar-refractivity contribution < 1.29 is 13.9 Å². The lowest BCUT2D eigenvalue weighted by atomic mass is 10.2. The van der Waals surface area contributed by atoms with Gasteiger partial charge in [0, 0.05) is 6.20 Å². The maximum Gasteiger partial charge on any atom is 0.341 e. The van der Waals surface area contributed by atoms with Crippen LogP contribution in [0.15, 0.2) is 41.1 Å². The monoisotopic (exact) mass is 243 g/mol. The largest absolute Gasteiger partial charge is 0.465 e. The summed E-state index contributed by atoms with van der Waals surface area (Å²) in [5.41, 5.74) is 0.807. The van der Waals surface area contributed by atoms with Crippen molar-refractivity contribution >= 4 is 11.6 Å². The Labute approximate surface area is 102 Å². The van der Waals surface area contributed by atoms with Gasteiger partial charge in [0.25, 0.3) is 0 Å². The normalized spacial score (nSPS) is 10.7. The summed E-state index contributed by atoms with van der Waals surface area (Å²) in [6, 6.07) is 6.92. The van der Waals surface area contributed by atoms with E-state index in [1.807, 2.05) is 0 Å². The minimum Gasteiger partial charge on any atom is -0.465 e. The first kappa shape index (κ1) is 10.5. The highest BCUT2D eigenvalue weighted by molar-refractivity contribution is 5.95. The summed E-state index contributed by atoms with van der Waals surface area (Å²) in [6.07, 6.45) is 3.32. The van der Waals surface area contributed by atoms with Crippen LogP contribution in [0.1, 0.15) is 10.4 Å². The molecule has 6 heteroatoms. The summed E-state index contributed by atoms with van der Waals surface area (Å²) in [5.74, 6) is 0.685. The Hall–Kier alpha value is -2.63. The highest BCUT2D eigenvalue weighted by atomic mass is 16.5. The minimum atomic E-state index is -0.445. The summed E-state index contributed by atoms with van der Waals surface area (Å²) >= 11 is 0. The molecular formula is C12H9N3O3. The van der Waals surface area contributed by atoms with Crippen molar-refractivity contribution in [3.8, 4) is 11.6 Å². The number of carbonyl (C=O) groups excluding carboxylic acids is 1. The van der Waals surface area contributed by atoms with E-state index in [-0.39, 0.29) is 0 Å². The molecule has 0 aliphatic heterocycles. The first-order valence-electron chi connectivity index (χ1n) is 5.27. The summed E-state index contributed by atoms with van der Waals surface area (Å²) in [6.45, 7) is 0. The Bertz CT molecular complexity index is 701. The van der Waals surface area contributed by atoms with Gasteiger partial charge >= 0.3 is 5.97 Å². The quantitative estimate of drug-likeness (QED) is 0.641. The maximum absolute atomic E-state index is 11.6. The second kappa shape index (κ2) is 3.99. The van der Waals surface area contributed by atoms with Crippen LogP contribution in [0.3, 0.4) is 0 Å². The molecule has 0 unspecified atom stereocenters. The zero-order valence-electron chi connectivity index (χ0n) is 9.53. The van der Waals surface area contributed by atoms with Crippen molar-refractivity contribution in [3.05, 3.63) is 42.3 Å². The molecule has 0 spiro atoms. The number of methoxy groups -OCH3 is 1. The predicted octanol–water partition coefficient (Wildman–Crippen LogP) is 1.78. The number of hydrogen-bond donors (Lipinski definition) is 0. The van der Waals surface area contributed by atoms with Crippen LogP contribution in [0, 0.1) is 0 Å². The molecular weight excluding hydrogens is 234 g/mol. The van der Waals surface area contributed by atoms with E-state index < -0.39 is 5.97 Å². The Morgan fingerprint density at radius 1 is 1.33 bits per heavy atom. The van der Waals surface area contributed by atoms with Crippen molar-refractivity contribution in [2.75, 3.05) is 7.11 Å². The molecule has 0 saturated carbocycles. The number of hydrogen-bond acceptors (Lipinski definition) is 5. The third kappa shape index (κ3) is 1.46. The van der Waals surface area contributed by atoms with E-state index in [2.05, 4.69) is 10.2 Å². The molecule has 3 aromatic heterocycles. The van der Waals surface area contributed by atoms with Crippen molar-refractivity contribution in [3.63, 3.8) is 0 Å². The number of fused-ring (bicyclic) bond motifs is 1. The molecule has 0 bridgehead atoms. The average molecular weight is 243 g/mol. The minimum absolute atomic E-state index is 0.366. The molecule has 0 fully saturated rings. The molecule has 0 radical (unpaired) electrons. The van der Waals surface area contributed by atoms with Gasteiger partial charge in [-0.05, 0) is 24.3 Å². The zero-order chi connectivity index (χ0) is 12.5. The number of aromatic nitrogens is 3. The first-order valence-corrected chi connectivity index (χ1v) is 5.27.